The Morgan fingerprint density at radius 3 is 2.57 bits per heavy atom. The molecule has 114 valence electrons. The van der Waals surface area contributed by atoms with Gasteiger partial charge in [0.25, 0.3) is 0 Å². The summed E-state index contributed by atoms with van der Waals surface area (Å²) >= 11 is 3.42. The van der Waals surface area contributed by atoms with Gasteiger partial charge in [-0.1, -0.05) is 40.2 Å². The smallest absolute Gasteiger partial charge is 0.343 e. The van der Waals surface area contributed by atoms with Crippen LogP contribution in [0, 0.1) is 6.92 Å². The van der Waals surface area contributed by atoms with Gasteiger partial charge < -0.3 is 4.74 Å². The number of rotatable bonds is 3. The van der Waals surface area contributed by atoms with E-state index in [4.69, 9.17) is 4.74 Å². The summed E-state index contributed by atoms with van der Waals surface area (Å²) in [5.41, 5.74) is 3.12. The van der Waals surface area contributed by atoms with Gasteiger partial charge >= 0.3 is 5.97 Å². The second-order valence-electron chi connectivity index (χ2n) is 5.06. The first kappa shape index (κ1) is 15.4. The summed E-state index contributed by atoms with van der Waals surface area (Å²) in [7, 11) is 0. The summed E-state index contributed by atoms with van der Waals surface area (Å²) in [6.45, 7) is 1.98. The predicted octanol–water partition coefficient (Wildman–Crippen LogP) is 5.04. The van der Waals surface area contributed by atoms with Gasteiger partial charge in [-0.2, -0.15) is 0 Å². The highest BCUT2D eigenvalue weighted by atomic mass is 79.9. The van der Waals surface area contributed by atoms with Crippen molar-refractivity contribution in [2.45, 2.75) is 6.92 Å². The van der Waals surface area contributed by atoms with Gasteiger partial charge in [-0.15, -0.1) is 0 Å². The summed E-state index contributed by atoms with van der Waals surface area (Å²) < 4.78 is 6.45. The van der Waals surface area contributed by atoms with Crippen molar-refractivity contribution in [2.75, 3.05) is 0 Å². The molecule has 0 N–H and O–H groups in total. The van der Waals surface area contributed by atoms with Gasteiger partial charge in [0.05, 0.1) is 11.3 Å². The molecule has 0 radical (unpaired) electrons. The molecule has 23 heavy (non-hydrogen) atoms. The number of carbonyl (C=O) groups excluding carboxylic acids is 1. The predicted molar refractivity (Wildman–Crippen MR) is 93.5 cm³/mol. The molecule has 4 heteroatoms. The molecule has 0 amide bonds. The van der Waals surface area contributed by atoms with Crippen LogP contribution in [0.2, 0.25) is 0 Å². The number of hydrogen-bond donors (Lipinski definition) is 0. The van der Waals surface area contributed by atoms with Crippen molar-refractivity contribution < 1.29 is 9.53 Å². The van der Waals surface area contributed by atoms with Gasteiger partial charge in [-0.3, -0.25) is 4.98 Å². The van der Waals surface area contributed by atoms with Gasteiger partial charge in [-0.05, 0) is 48.9 Å². The van der Waals surface area contributed by atoms with Crippen molar-refractivity contribution in [1.29, 1.82) is 0 Å². The molecule has 0 spiro atoms. The number of hydrogen-bond acceptors (Lipinski definition) is 3. The molecule has 3 rings (SSSR count). The largest absolute Gasteiger partial charge is 0.422 e. The monoisotopic (exact) mass is 367 g/mol. The lowest BCUT2D eigenvalue weighted by atomic mass is 10.1. The maximum Gasteiger partial charge on any atom is 0.343 e. The number of aryl methyl sites for hydroxylation is 1. The maximum absolute atomic E-state index is 12.3. The number of halogens is 1. The first-order chi connectivity index (χ1) is 11.1. The van der Waals surface area contributed by atoms with Gasteiger partial charge in [0.15, 0.2) is 0 Å². The highest BCUT2D eigenvalue weighted by Crippen LogP contribution is 2.33. The molecule has 0 aliphatic heterocycles. The quantitative estimate of drug-likeness (QED) is 0.480. The van der Waals surface area contributed by atoms with E-state index in [9.17, 15) is 4.79 Å². The van der Waals surface area contributed by atoms with E-state index in [1.807, 2.05) is 37.3 Å². The van der Waals surface area contributed by atoms with Crippen LogP contribution < -0.4 is 4.74 Å². The van der Waals surface area contributed by atoms with Gasteiger partial charge in [0, 0.05) is 16.2 Å². The van der Waals surface area contributed by atoms with E-state index in [0.717, 1.165) is 21.3 Å². The average molecular weight is 368 g/mol. The zero-order valence-electron chi connectivity index (χ0n) is 12.5. The van der Waals surface area contributed by atoms with Crippen LogP contribution in [-0.4, -0.2) is 11.0 Å². The highest BCUT2D eigenvalue weighted by Gasteiger charge is 2.15. The molecule has 0 aliphatic rings. The summed E-state index contributed by atoms with van der Waals surface area (Å²) in [6.07, 6.45) is 1.73. The molecule has 3 nitrogen and oxygen atoms in total. The molecule has 1 aromatic heterocycles. The Hall–Kier alpha value is -2.46. The van der Waals surface area contributed by atoms with Crippen LogP contribution in [0.3, 0.4) is 0 Å². The van der Waals surface area contributed by atoms with E-state index >= 15 is 0 Å². The minimum Gasteiger partial charge on any atom is -0.422 e. The molecule has 0 bridgehead atoms. The number of aromatic nitrogens is 1. The van der Waals surface area contributed by atoms with Crippen molar-refractivity contribution in [3.8, 4) is 17.0 Å². The van der Waals surface area contributed by atoms with Crippen LogP contribution in [-0.2, 0) is 0 Å². The lowest BCUT2D eigenvalue weighted by Crippen LogP contribution is -2.09. The second kappa shape index (κ2) is 6.75. The van der Waals surface area contributed by atoms with Crippen molar-refractivity contribution in [1.82, 2.24) is 4.98 Å². The van der Waals surface area contributed by atoms with E-state index in [1.165, 1.54) is 0 Å². The fourth-order valence-electron chi connectivity index (χ4n) is 2.28. The summed E-state index contributed by atoms with van der Waals surface area (Å²) in [5.74, 6) is 0.0913. The highest BCUT2D eigenvalue weighted by molar-refractivity contribution is 9.10. The van der Waals surface area contributed by atoms with Gasteiger partial charge in [-0.25, -0.2) is 4.79 Å². The molecule has 0 saturated carbocycles. The fraction of sp³-hybridized carbons (Fsp3) is 0.0526. The third-order valence-corrected chi connectivity index (χ3v) is 3.91. The first-order valence-corrected chi connectivity index (χ1v) is 7.93. The normalized spacial score (nSPS) is 10.3. The zero-order valence-corrected chi connectivity index (χ0v) is 14.1. The van der Waals surface area contributed by atoms with Gasteiger partial charge in [0.2, 0.25) is 0 Å². The molecule has 1 heterocycles. The Morgan fingerprint density at radius 2 is 1.83 bits per heavy atom. The summed E-state index contributed by atoms with van der Waals surface area (Å²) in [6, 6.07) is 18.4. The van der Waals surface area contributed by atoms with E-state index in [1.54, 1.807) is 36.5 Å². The van der Waals surface area contributed by atoms with Crippen LogP contribution in [0.15, 0.2) is 71.3 Å². The lowest BCUT2D eigenvalue weighted by molar-refractivity contribution is 0.0735. The number of esters is 1. The Bertz CT molecular complexity index is 847. The maximum atomic E-state index is 12.3. The van der Waals surface area contributed by atoms with E-state index in [2.05, 4.69) is 20.9 Å². The molecule has 0 atom stereocenters. The number of carbonyl (C=O) groups is 1. The van der Waals surface area contributed by atoms with Crippen LogP contribution >= 0.6 is 15.9 Å². The van der Waals surface area contributed by atoms with Gasteiger partial charge in [0.1, 0.15) is 5.75 Å². The molecule has 0 aliphatic carbocycles. The van der Waals surface area contributed by atoms with Crippen molar-refractivity contribution in [3.05, 3.63) is 82.5 Å². The zero-order chi connectivity index (χ0) is 16.2. The van der Waals surface area contributed by atoms with E-state index in [0.29, 0.717) is 11.3 Å². The van der Waals surface area contributed by atoms with Crippen LogP contribution in [0.5, 0.6) is 5.75 Å². The average Bonchev–Trinajstić information content (AvgIpc) is 2.57. The first-order valence-electron chi connectivity index (χ1n) is 7.14. The second-order valence-corrected chi connectivity index (χ2v) is 5.98. The topological polar surface area (TPSA) is 39.2 Å². The molecule has 2 aromatic carbocycles. The van der Waals surface area contributed by atoms with Crippen molar-refractivity contribution >= 4 is 21.9 Å². The molecule has 0 fully saturated rings. The fourth-order valence-corrected chi connectivity index (χ4v) is 2.62. The number of pyridine rings is 1. The summed E-state index contributed by atoms with van der Waals surface area (Å²) in [5, 5.41) is 0. The molecule has 3 aromatic rings. The van der Waals surface area contributed by atoms with Crippen molar-refractivity contribution in [2.24, 2.45) is 0 Å². The van der Waals surface area contributed by atoms with Crippen molar-refractivity contribution in [3.63, 3.8) is 0 Å². The third-order valence-electron chi connectivity index (χ3n) is 3.42. The Kier molecular flexibility index (Phi) is 4.53. The Labute approximate surface area is 143 Å². The number of benzene rings is 2. The Morgan fingerprint density at radius 1 is 1.04 bits per heavy atom. The minimum atomic E-state index is -0.390. The van der Waals surface area contributed by atoms with Crippen LogP contribution in [0.25, 0.3) is 11.3 Å². The number of nitrogens with zero attached hydrogens (tertiary/aromatic N) is 1. The third kappa shape index (κ3) is 3.48. The van der Waals surface area contributed by atoms with E-state index in [-0.39, 0.29) is 0 Å². The molecule has 0 unspecified atom stereocenters. The SMILES string of the molecule is Cc1cccnc1-c1ccc(Br)cc1OC(=O)c1ccccc1. The van der Waals surface area contributed by atoms with Crippen LogP contribution in [0.1, 0.15) is 15.9 Å². The van der Waals surface area contributed by atoms with E-state index < -0.39 is 5.97 Å². The standard InChI is InChI=1S/C19H14BrNO2/c1-13-6-5-11-21-18(13)16-10-9-15(20)12-17(16)23-19(22)14-7-3-2-4-8-14/h2-12H,1H3. The number of ether oxygens (including phenoxy) is 1. The minimum absolute atomic E-state index is 0.390. The van der Waals surface area contributed by atoms with Crippen LogP contribution in [0.4, 0.5) is 0 Å². The lowest BCUT2D eigenvalue weighted by Gasteiger charge is -2.12. The molecular weight excluding hydrogens is 354 g/mol. The molecule has 0 saturated heterocycles. The molecular formula is C19H14BrNO2. The Balaban J connectivity index is 2.01. The summed E-state index contributed by atoms with van der Waals surface area (Å²) in [4.78, 5) is 16.7.